The molecule has 1 aromatic rings. The van der Waals surface area contributed by atoms with Gasteiger partial charge in [-0.15, -0.1) is 0 Å². The van der Waals surface area contributed by atoms with E-state index in [4.69, 9.17) is 5.11 Å². The Morgan fingerprint density at radius 1 is 0.969 bits per heavy atom. The number of piperidine rings is 1. The van der Waals surface area contributed by atoms with E-state index in [1.807, 2.05) is 4.90 Å². The van der Waals surface area contributed by atoms with Gasteiger partial charge in [-0.3, -0.25) is 39.0 Å². The minimum Gasteiger partial charge on any atom is -0.481 e. The van der Waals surface area contributed by atoms with Crippen LogP contribution in [-0.2, 0) is 19.2 Å². The Bertz CT molecular complexity index is 1030. The first-order valence-electron chi connectivity index (χ1n) is 10.4. The van der Waals surface area contributed by atoms with Crippen LogP contribution in [0.2, 0.25) is 0 Å². The Kier molecular flexibility index (Phi) is 5.64. The fourth-order valence-electron chi connectivity index (χ4n) is 4.24. The summed E-state index contributed by atoms with van der Waals surface area (Å²) in [6.07, 6.45) is -0.0873. The standard InChI is InChI=1S/C21H22N4O7/c26-16-4-3-15(19(30)22-16)25-20(31)13-2-1-12(11-14(13)21(25)32)23-7-9-24(10-8-23)17(27)5-6-18(28)29/h1-2,11,15H,3-10H2,(H,28,29)(H,22,26,30). The lowest BCUT2D eigenvalue weighted by molar-refractivity contribution is -0.141. The van der Waals surface area contributed by atoms with Gasteiger partial charge in [0.05, 0.1) is 17.5 Å². The molecule has 0 spiro atoms. The van der Waals surface area contributed by atoms with Crippen LogP contribution in [0.3, 0.4) is 0 Å². The highest BCUT2D eigenvalue weighted by atomic mass is 16.4. The highest BCUT2D eigenvalue weighted by molar-refractivity contribution is 6.23. The minimum atomic E-state index is -1.01. The number of carbonyl (C=O) groups excluding carboxylic acids is 5. The smallest absolute Gasteiger partial charge is 0.303 e. The molecule has 1 unspecified atom stereocenters. The second kappa shape index (κ2) is 8.40. The molecule has 5 amide bonds. The van der Waals surface area contributed by atoms with Crippen molar-refractivity contribution in [1.29, 1.82) is 0 Å². The zero-order valence-corrected chi connectivity index (χ0v) is 17.2. The lowest BCUT2D eigenvalue weighted by Crippen LogP contribution is -2.54. The Balaban J connectivity index is 1.44. The van der Waals surface area contributed by atoms with Crippen LogP contribution in [-0.4, -0.2) is 82.6 Å². The number of carbonyl (C=O) groups is 6. The summed E-state index contributed by atoms with van der Waals surface area (Å²) < 4.78 is 0. The molecule has 0 bridgehead atoms. The summed E-state index contributed by atoms with van der Waals surface area (Å²) in [5.74, 6) is -3.42. The van der Waals surface area contributed by atoms with Gasteiger partial charge in [-0.2, -0.15) is 0 Å². The molecule has 32 heavy (non-hydrogen) atoms. The fourth-order valence-corrected chi connectivity index (χ4v) is 4.24. The third kappa shape index (κ3) is 3.93. The fraction of sp³-hybridized carbons (Fsp3) is 0.429. The maximum absolute atomic E-state index is 13.0. The molecule has 168 valence electrons. The van der Waals surface area contributed by atoms with Crippen molar-refractivity contribution in [3.8, 4) is 0 Å². The van der Waals surface area contributed by atoms with Crippen molar-refractivity contribution in [3.63, 3.8) is 0 Å². The molecule has 0 saturated carbocycles. The van der Waals surface area contributed by atoms with Crippen molar-refractivity contribution < 1.29 is 33.9 Å². The van der Waals surface area contributed by atoms with Crippen LogP contribution >= 0.6 is 0 Å². The number of aliphatic carboxylic acids is 1. The van der Waals surface area contributed by atoms with Gasteiger partial charge in [-0.1, -0.05) is 0 Å². The number of imide groups is 2. The molecule has 11 heteroatoms. The molecule has 0 aliphatic carbocycles. The molecule has 2 saturated heterocycles. The number of amides is 5. The minimum absolute atomic E-state index is 0.0407. The molecule has 1 atom stereocenters. The molecule has 1 aromatic carbocycles. The molecule has 2 fully saturated rings. The third-order valence-electron chi connectivity index (χ3n) is 5.97. The van der Waals surface area contributed by atoms with Gasteiger partial charge in [0.2, 0.25) is 17.7 Å². The van der Waals surface area contributed by atoms with Gasteiger partial charge in [-0.05, 0) is 24.6 Å². The Labute approximate surface area is 182 Å². The van der Waals surface area contributed by atoms with Crippen molar-refractivity contribution in [3.05, 3.63) is 29.3 Å². The number of fused-ring (bicyclic) bond motifs is 1. The van der Waals surface area contributed by atoms with E-state index in [2.05, 4.69) is 5.32 Å². The summed E-state index contributed by atoms with van der Waals surface area (Å²) in [5.41, 5.74) is 1.13. The molecular weight excluding hydrogens is 420 g/mol. The molecule has 3 heterocycles. The summed E-state index contributed by atoms with van der Waals surface area (Å²) in [4.78, 5) is 76.6. The molecule has 3 aliphatic rings. The summed E-state index contributed by atoms with van der Waals surface area (Å²) in [6.45, 7) is 1.84. The lowest BCUT2D eigenvalue weighted by atomic mass is 10.0. The van der Waals surface area contributed by atoms with Gasteiger partial charge in [0.25, 0.3) is 11.8 Å². The molecule has 11 nitrogen and oxygen atoms in total. The molecule has 0 aromatic heterocycles. The van der Waals surface area contributed by atoms with Crippen LogP contribution in [0.25, 0.3) is 0 Å². The van der Waals surface area contributed by atoms with Gasteiger partial charge in [0, 0.05) is 44.7 Å². The Morgan fingerprint density at radius 3 is 2.31 bits per heavy atom. The largest absolute Gasteiger partial charge is 0.481 e. The first-order valence-corrected chi connectivity index (χ1v) is 10.4. The number of hydrogen-bond acceptors (Lipinski definition) is 7. The van der Waals surface area contributed by atoms with Crippen LogP contribution in [0, 0.1) is 0 Å². The van der Waals surface area contributed by atoms with Gasteiger partial charge >= 0.3 is 5.97 Å². The normalized spacial score (nSPS) is 21.0. The van der Waals surface area contributed by atoms with E-state index >= 15 is 0 Å². The second-order valence-electron chi connectivity index (χ2n) is 7.94. The second-order valence-corrected chi connectivity index (χ2v) is 7.94. The SMILES string of the molecule is O=C(O)CCC(=O)N1CCN(c2ccc3c(c2)C(=O)N(C2CCC(=O)NC2=O)C3=O)CC1. The number of carboxylic acid groups (broad SMARTS) is 1. The summed E-state index contributed by atoms with van der Waals surface area (Å²) in [5, 5.41) is 10.9. The van der Waals surface area contributed by atoms with E-state index in [-0.39, 0.29) is 42.7 Å². The van der Waals surface area contributed by atoms with E-state index in [0.717, 1.165) is 4.90 Å². The van der Waals surface area contributed by atoms with Crippen molar-refractivity contribution >= 4 is 41.2 Å². The van der Waals surface area contributed by atoms with Gasteiger partial charge in [-0.25, -0.2) is 0 Å². The number of piperazine rings is 1. The van der Waals surface area contributed by atoms with Crippen LogP contribution in [0.15, 0.2) is 18.2 Å². The maximum Gasteiger partial charge on any atom is 0.303 e. The van der Waals surface area contributed by atoms with Crippen LogP contribution in [0.5, 0.6) is 0 Å². The lowest BCUT2D eigenvalue weighted by Gasteiger charge is -2.36. The predicted molar refractivity (Wildman–Crippen MR) is 109 cm³/mol. The number of hydrogen-bond donors (Lipinski definition) is 2. The zero-order chi connectivity index (χ0) is 23.0. The van der Waals surface area contributed by atoms with Gasteiger partial charge in [0.15, 0.2) is 0 Å². The number of nitrogens with zero attached hydrogens (tertiary/aromatic N) is 3. The number of rotatable bonds is 5. The molecule has 4 rings (SSSR count). The number of benzene rings is 1. The van der Waals surface area contributed by atoms with E-state index in [0.29, 0.717) is 31.9 Å². The van der Waals surface area contributed by atoms with Crippen LogP contribution in [0.1, 0.15) is 46.4 Å². The number of carboxylic acids is 1. The van der Waals surface area contributed by atoms with Crippen molar-refractivity contribution in [2.45, 2.75) is 31.7 Å². The van der Waals surface area contributed by atoms with E-state index < -0.39 is 35.6 Å². The van der Waals surface area contributed by atoms with Crippen molar-refractivity contribution in [2.24, 2.45) is 0 Å². The highest BCUT2D eigenvalue weighted by Crippen LogP contribution is 2.31. The summed E-state index contributed by atoms with van der Waals surface area (Å²) in [7, 11) is 0. The topological polar surface area (TPSA) is 144 Å². The first-order chi connectivity index (χ1) is 15.3. The zero-order valence-electron chi connectivity index (χ0n) is 17.2. The van der Waals surface area contributed by atoms with E-state index in [9.17, 15) is 28.8 Å². The van der Waals surface area contributed by atoms with E-state index in [1.165, 1.54) is 0 Å². The number of nitrogens with one attached hydrogen (secondary N) is 1. The molecule has 2 N–H and O–H groups in total. The van der Waals surface area contributed by atoms with Crippen molar-refractivity contribution in [1.82, 2.24) is 15.1 Å². The average Bonchev–Trinajstić information content (AvgIpc) is 3.02. The monoisotopic (exact) mass is 442 g/mol. The number of anilines is 1. The van der Waals surface area contributed by atoms with E-state index in [1.54, 1.807) is 23.1 Å². The van der Waals surface area contributed by atoms with Crippen LogP contribution < -0.4 is 10.2 Å². The Morgan fingerprint density at radius 2 is 1.66 bits per heavy atom. The van der Waals surface area contributed by atoms with Crippen LogP contribution in [0.4, 0.5) is 5.69 Å². The third-order valence-corrected chi connectivity index (χ3v) is 5.97. The van der Waals surface area contributed by atoms with Gasteiger partial charge in [0.1, 0.15) is 6.04 Å². The van der Waals surface area contributed by atoms with Gasteiger partial charge < -0.3 is 14.9 Å². The molecule has 0 radical (unpaired) electrons. The highest BCUT2D eigenvalue weighted by Gasteiger charge is 2.44. The average molecular weight is 442 g/mol. The predicted octanol–water partition coefficient (Wildman–Crippen LogP) is -0.399. The van der Waals surface area contributed by atoms with Crippen molar-refractivity contribution in [2.75, 3.05) is 31.1 Å². The molecular formula is C21H22N4O7. The Hall–Kier alpha value is -3.76. The quantitative estimate of drug-likeness (QED) is 0.586. The summed E-state index contributed by atoms with van der Waals surface area (Å²) >= 11 is 0. The first kappa shape index (κ1) is 21.5. The summed E-state index contributed by atoms with van der Waals surface area (Å²) in [6, 6.07) is 3.88. The molecule has 3 aliphatic heterocycles. The maximum atomic E-state index is 13.0.